The molecule has 7 nitrogen and oxygen atoms in total. The molecule has 1 aliphatic heterocycles. The van der Waals surface area contributed by atoms with Crippen LogP contribution in [0.1, 0.15) is 28.1 Å². The topological polar surface area (TPSA) is 91.0 Å². The van der Waals surface area contributed by atoms with E-state index in [2.05, 4.69) is 57.8 Å². The molecule has 0 bridgehead atoms. The zero-order valence-corrected chi connectivity index (χ0v) is 19.9. The van der Waals surface area contributed by atoms with Gasteiger partial charge in [-0.05, 0) is 43.0 Å². The van der Waals surface area contributed by atoms with Crippen molar-refractivity contribution in [1.82, 2.24) is 20.1 Å². The number of likely N-dealkylation sites (tertiary alicyclic amines) is 1. The van der Waals surface area contributed by atoms with Gasteiger partial charge in [0.25, 0.3) is 0 Å². The van der Waals surface area contributed by atoms with Crippen LogP contribution in [0.25, 0.3) is 10.9 Å². The Morgan fingerprint density at radius 1 is 1.15 bits per heavy atom. The van der Waals surface area contributed by atoms with Crippen molar-refractivity contribution in [2.75, 3.05) is 18.4 Å². The number of carbonyl (C=O) groups excluding carboxylic acids is 2. The molecule has 1 saturated heterocycles. The molecule has 2 N–H and O–H groups in total. The van der Waals surface area contributed by atoms with Crippen LogP contribution < -0.4 is 5.32 Å². The lowest BCUT2D eigenvalue weighted by molar-refractivity contribution is -0.128. The lowest BCUT2D eigenvalue weighted by atomic mass is 10.1. The number of aryl methyl sites for hydroxylation is 3. The molecule has 5 rings (SSSR count). The van der Waals surface area contributed by atoms with E-state index < -0.39 is 0 Å². The fourth-order valence-corrected chi connectivity index (χ4v) is 5.17. The van der Waals surface area contributed by atoms with E-state index in [0.717, 1.165) is 29.8 Å². The number of aromatic nitrogens is 3. The number of nitrogens with zero attached hydrogens (tertiary/aromatic N) is 3. The first-order valence-corrected chi connectivity index (χ1v) is 12.4. The Balaban J connectivity index is 1.13. The number of aromatic amines is 1. The number of anilines is 1. The van der Waals surface area contributed by atoms with Crippen LogP contribution in [0, 0.1) is 12.8 Å². The van der Waals surface area contributed by atoms with Crippen LogP contribution in [-0.4, -0.2) is 45.0 Å². The SMILES string of the molecule is Cc1ccc2[nH]cc(CCN3C[C@H](C(=O)Nc4nnc(CCc5ccccc5)s4)CC3=O)c2c1. The molecule has 1 aliphatic rings. The number of rotatable bonds is 8. The maximum atomic E-state index is 12.8. The minimum Gasteiger partial charge on any atom is -0.361 e. The molecule has 0 spiro atoms. The number of fused-ring (bicyclic) bond motifs is 1. The number of benzene rings is 2. The van der Waals surface area contributed by atoms with E-state index in [1.54, 1.807) is 4.90 Å². The second kappa shape index (κ2) is 9.77. The highest BCUT2D eigenvalue weighted by Gasteiger charge is 2.34. The molecule has 34 heavy (non-hydrogen) atoms. The summed E-state index contributed by atoms with van der Waals surface area (Å²) in [6, 6.07) is 16.6. The number of nitrogens with one attached hydrogen (secondary N) is 2. The number of amides is 2. The molecule has 1 fully saturated rings. The van der Waals surface area contributed by atoms with Gasteiger partial charge in [0.2, 0.25) is 16.9 Å². The van der Waals surface area contributed by atoms with Crippen molar-refractivity contribution in [2.24, 2.45) is 5.92 Å². The molecule has 174 valence electrons. The molecule has 8 heteroatoms. The molecule has 0 radical (unpaired) electrons. The maximum absolute atomic E-state index is 12.8. The van der Waals surface area contributed by atoms with Gasteiger partial charge in [-0.15, -0.1) is 10.2 Å². The van der Waals surface area contributed by atoms with Crippen LogP contribution in [0.3, 0.4) is 0 Å². The lowest BCUT2D eigenvalue weighted by Gasteiger charge is -2.16. The molecule has 4 aromatic rings. The summed E-state index contributed by atoms with van der Waals surface area (Å²) in [4.78, 5) is 30.4. The Bertz CT molecular complexity index is 1310. The first kappa shape index (κ1) is 22.3. The smallest absolute Gasteiger partial charge is 0.231 e. The summed E-state index contributed by atoms with van der Waals surface area (Å²) < 4.78 is 0. The van der Waals surface area contributed by atoms with Crippen molar-refractivity contribution in [1.29, 1.82) is 0 Å². The predicted octanol–water partition coefficient (Wildman–Crippen LogP) is 4.14. The quantitative estimate of drug-likeness (QED) is 0.402. The third-order valence-corrected chi connectivity index (χ3v) is 7.23. The van der Waals surface area contributed by atoms with Crippen LogP contribution in [0.2, 0.25) is 0 Å². The molecule has 3 heterocycles. The van der Waals surface area contributed by atoms with E-state index in [1.807, 2.05) is 24.4 Å². The van der Waals surface area contributed by atoms with Crippen molar-refractivity contribution < 1.29 is 9.59 Å². The highest BCUT2D eigenvalue weighted by Crippen LogP contribution is 2.24. The molecule has 2 aromatic heterocycles. The van der Waals surface area contributed by atoms with Gasteiger partial charge in [-0.2, -0.15) is 0 Å². The second-order valence-corrected chi connectivity index (χ2v) is 9.89. The summed E-state index contributed by atoms with van der Waals surface area (Å²) in [5.74, 6) is -0.504. The van der Waals surface area contributed by atoms with Gasteiger partial charge in [0.15, 0.2) is 0 Å². The van der Waals surface area contributed by atoms with Gasteiger partial charge in [0.05, 0.1) is 5.92 Å². The van der Waals surface area contributed by atoms with Gasteiger partial charge in [0.1, 0.15) is 5.01 Å². The summed E-state index contributed by atoms with van der Waals surface area (Å²) in [7, 11) is 0. The van der Waals surface area contributed by atoms with Crippen LogP contribution >= 0.6 is 11.3 Å². The standard InChI is InChI=1S/C26H27N5O2S/c1-17-7-9-22-21(13-17)19(15-27-22)11-12-31-16-20(14-24(31)32)25(33)28-26-30-29-23(34-26)10-8-18-5-3-2-4-6-18/h2-7,9,13,15,20,27H,8,10-12,14,16H2,1H3,(H,28,30,33)/t20-/m1/s1. The summed E-state index contributed by atoms with van der Waals surface area (Å²) in [5.41, 5.74) is 4.75. The Labute approximate surface area is 202 Å². The van der Waals surface area contributed by atoms with Crippen LogP contribution in [0.5, 0.6) is 0 Å². The van der Waals surface area contributed by atoms with Gasteiger partial charge >= 0.3 is 0 Å². The number of carbonyl (C=O) groups is 2. The van der Waals surface area contributed by atoms with Crippen LogP contribution in [0.4, 0.5) is 5.13 Å². The largest absolute Gasteiger partial charge is 0.361 e. The Morgan fingerprint density at radius 3 is 2.85 bits per heavy atom. The van der Waals surface area contributed by atoms with Crippen molar-refractivity contribution in [3.8, 4) is 0 Å². The third kappa shape index (κ3) is 5.02. The van der Waals surface area contributed by atoms with Crippen molar-refractivity contribution in [3.63, 3.8) is 0 Å². The van der Waals surface area contributed by atoms with E-state index in [1.165, 1.54) is 33.4 Å². The normalized spacial score (nSPS) is 15.9. The molecule has 0 aliphatic carbocycles. The zero-order chi connectivity index (χ0) is 23.5. The molecule has 2 amide bonds. The number of hydrogen-bond donors (Lipinski definition) is 2. The minimum absolute atomic E-state index is 0.0250. The maximum Gasteiger partial charge on any atom is 0.231 e. The van der Waals surface area contributed by atoms with Gasteiger partial charge in [-0.3, -0.25) is 9.59 Å². The van der Waals surface area contributed by atoms with Crippen molar-refractivity contribution in [2.45, 2.75) is 32.6 Å². The third-order valence-electron chi connectivity index (χ3n) is 6.33. The second-order valence-electron chi connectivity index (χ2n) is 8.83. The summed E-state index contributed by atoms with van der Waals surface area (Å²) in [6.45, 7) is 3.12. The highest BCUT2D eigenvalue weighted by molar-refractivity contribution is 7.15. The van der Waals surface area contributed by atoms with Gasteiger partial charge in [0, 0.05) is 43.0 Å². The molecule has 0 unspecified atom stereocenters. The van der Waals surface area contributed by atoms with E-state index in [-0.39, 0.29) is 24.2 Å². The highest BCUT2D eigenvalue weighted by atomic mass is 32.1. The first-order chi connectivity index (χ1) is 16.5. The van der Waals surface area contributed by atoms with E-state index in [9.17, 15) is 9.59 Å². The fraction of sp³-hybridized carbons (Fsp3) is 0.308. The van der Waals surface area contributed by atoms with Crippen LogP contribution in [0.15, 0.2) is 54.7 Å². The minimum atomic E-state index is -0.366. The average Bonchev–Trinajstić information content (AvgIpc) is 3.55. The Hall–Kier alpha value is -3.52. The summed E-state index contributed by atoms with van der Waals surface area (Å²) in [6.07, 6.45) is 4.66. The number of hydrogen-bond acceptors (Lipinski definition) is 5. The van der Waals surface area contributed by atoms with Gasteiger partial charge in [-0.1, -0.05) is 53.3 Å². The van der Waals surface area contributed by atoms with E-state index in [0.29, 0.717) is 18.2 Å². The van der Waals surface area contributed by atoms with Crippen LogP contribution in [-0.2, 0) is 28.9 Å². The average molecular weight is 474 g/mol. The molecule has 0 saturated carbocycles. The predicted molar refractivity (Wildman–Crippen MR) is 134 cm³/mol. The van der Waals surface area contributed by atoms with E-state index in [4.69, 9.17) is 0 Å². The zero-order valence-electron chi connectivity index (χ0n) is 19.1. The molecular weight excluding hydrogens is 446 g/mol. The lowest BCUT2D eigenvalue weighted by Crippen LogP contribution is -2.30. The molecule has 1 atom stereocenters. The van der Waals surface area contributed by atoms with Crippen molar-refractivity contribution >= 4 is 39.2 Å². The fourth-order valence-electron chi connectivity index (χ4n) is 4.43. The summed E-state index contributed by atoms with van der Waals surface area (Å²) in [5, 5.41) is 13.8. The number of H-pyrrole nitrogens is 1. The van der Waals surface area contributed by atoms with E-state index >= 15 is 0 Å². The Morgan fingerprint density at radius 2 is 2.00 bits per heavy atom. The molecular formula is C26H27N5O2S. The van der Waals surface area contributed by atoms with Crippen molar-refractivity contribution in [3.05, 3.63) is 76.4 Å². The first-order valence-electron chi connectivity index (χ1n) is 11.6. The van der Waals surface area contributed by atoms with Gasteiger partial charge < -0.3 is 15.2 Å². The molecule has 2 aromatic carbocycles. The summed E-state index contributed by atoms with van der Waals surface area (Å²) >= 11 is 1.40. The monoisotopic (exact) mass is 473 g/mol. The van der Waals surface area contributed by atoms with Gasteiger partial charge in [-0.25, -0.2) is 0 Å². The Kier molecular flexibility index (Phi) is 6.40.